The molecule has 0 spiro atoms. The fourth-order valence-electron chi connectivity index (χ4n) is 0.875. The van der Waals surface area contributed by atoms with E-state index >= 15 is 0 Å². The molecule has 0 aliphatic rings. The number of alkyl halides is 3. The Morgan fingerprint density at radius 3 is 2.69 bits per heavy atom. The lowest BCUT2D eigenvalue weighted by Gasteiger charge is -2.11. The van der Waals surface area contributed by atoms with Crippen molar-refractivity contribution in [1.82, 2.24) is 4.98 Å². The van der Waals surface area contributed by atoms with Gasteiger partial charge in [-0.25, -0.2) is 9.78 Å². The number of hydrogen-bond donors (Lipinski definition) is 1. The number of halogens is 4. The van der Waals surface area contributed by atoms with E-state index in [1.54, 1.807) is 0 Å². The largest absolute Gasteiger partial charge is 0.479 e. The summed E-state index contributed by atoms with van der Waals surface area (Å²) >= 11 is 5.35. The van der Waals surface area contributed by atoms with Crippen molar-refractivity contribution in [3.05, 3.63) is 22.8 Å². The minimum absolute atomic E-state index is 0.213. The number of carboxylic acids is 1. The summed E-state index contributed by atoms with van der Waals surface area (Å²) < 4.78 is 41.7. The first-order valence-corrected chi connectivity index (χ1v) is 4.26. The first kappa shape index (κ1) is 12.6. The van der Waals surface area contributed by atoms with E-state index in [4.69, 9.17) is 16.7 Å². The first-order chi connectivity index (χ1) is 7.30. The van der Waals surface area contributed by atoms with Crippen LogP contribution in [0.5, 0.6) is 5.88 Å². The summed E-state index contributed by atoms with van der Waals surface area (Å²) in [6.45, 7) is -0.905. The number of aliphatic carboxylic acids is 1. The zero-order chi connectivity index (χ0) is 12.3. The molecule has 0 atom stereocenters. The fraction of sp³-hybridized carbons (Fsp3) is 0.250. The molecule has 4 nitrogen and oxygen atoms in total. The van der Waals surface area contributed by atoms with Gasteiger partial charge in [-0.2, -0.15) is 13.2 Å². The van der Waals surface area contributed by atoms with Crippen molar-refractivity contribution in [3.63, 3.8) is 0 Å². The van der Waals surface area contributed by atoms with Crippen molar-refractivity contribution in [2.24, 2.45) is 0 Å². The molecular formula is C8H5ClF3NO3. The molecule has 1 heterocycles. The van der Waals surface area contributed by atoms with Crippen LogP contribution in [0.15, 0.2) is 12.3 Å². The molecule has 88 valence electrons. The first-order valence-electron chi connectivity index (χ1n) is 3.88. The maximum atomic E-state index is 12.4. The van der Waals surface area contributed by atoms with Crippen molar-refractivity contribution in [2.75, 3.05) is 6.61 Å². The summed E-state index contributed by atoms with van der Waals surface area (Å²) in [6, 6.07) is 0.617. The van der Waals surface area contributed by atoms with Gasteiger partial charge in [-0.15, -0.1) is 0 Å². The third kappa shape index (κ3) is 3.27. The third-order valence-electron chi connectivity index (χ3n) is 1.46. The molecule has 0 radical (unpaired) electrons. The predicted octanol–water partition coefficient (Wildman–Crippen LogP) is 2.22. The number of carboxylic acid groups (broad SMARTS) is 1. The molecular weight excluding hydrogens is 251 g/mol. The Labute approximate surface area is 92.6 Å². The summed E-state index contributed by atoms with van der Waals surface area (Å²) in [7, 11) is 0. The minimum Gasteiger partial charge on any atom is -0.479 e. The summed E-state index contributed by atoms with van der Waals surface area (Å²) in [6.07, 6.45) is -3.76. The Balaban J connectivity index is 3.03. The van der Waals surface area contributed by atoms with E-state index < -0.39 is 30.2 Å². The highest BCUT2D eigenvalue weighted by molar-refractivity contribution is 6.30. The van der Waals surface area contributed by atoms with Gasteiger partial charge in [0.25, 0.3) is 0 Å². The maximum absolute atomic E-state index is 12.4. The number of ether oxygens (including phenoxy) is 1. The number of pyridine rings is 1. The predicted molar refractivity (Wildman–Crippen MR) is 47.4 cm³/mol. The van der Waals surface area contributed by atoms with E-state index in [2.05, 4.69) is 9.72 Å². The molecule has 0 saturated heterocycles. The summed E-state index contributed by atoms with van der Waals surface area (Å²) in [4.78, 5) is 13.4. The SMILES string of the molecule is O=C(O)COc1ncc(Cl)cc1C(F)(F)F. The standard InChI is InChI=1S/C8H5ClF3NO3/c9-4-1-5(8(10,11)12)7(13-2-4)16-3-6(14)15/h1-2H,3H2,(H,14,15). The van der Waals surface area contributed by atoms with Crippen LogP contribution in [-0.2, 0) is 11.0 Å². The Morgan fingerprint density at radius 2 is 2.19 bits per heavy atom. The van der Waals surface area contributed by atoms with Crippen LogP contribution in [0.1, 0.15) is 5.56 Å². The molecule has 0 saturated carbocycles. The van der Waals surface area contributed by atoms with Gasteiger partial charge in [0.1, 0.15) is 5.56 Å². The summed E-state index contributed by atoms with van der Waals surface area (Å²) in [5.74, 6) is -2.20. The van der Waals surface area contributed by atoms with Gasteiger partial charge in [0, 0.05) is 6.20 Å². The zero-order valence-corrected chi connectivity index (χ0v) is 8.34. The Hall–Kier alpha value is -1.50. The fourth-order valence-corrected chi connectivity index (χ4v) is 1.03. The van der Waals surface area contributed by atoms with Crippen molar-refractivity contribution >= 4 is 17.6 Å². The van der Waals surface area contributed by atoms with Crippen molar-refractivity contribution in [2.45, 2.75) is 6.18 Å². The second-order valence-corrected chi connectivity index (χ2v) is 3.12. The number of nitrogens with zero attached hydrogens (tertiary/aromatic N) is 1. The monoisotopic (exact) mass is 255 g/mol. The van der Waals surface area contributed by atoms with Gasteiger partial charge in [0.2, 0.25) is 5.88 Å². The van der Waals surface area contributed by atoms with Crippen LogP contribution in [0.25, 0.3) is 0 Å². The molecule has 0 aromatic carbocycles. The highest BCUT2D eigenvalue weighted by Gasteiger charge is 2.35. The number of rotatable bonds is 3. The molecule has 0 amide bonds. The van der Waals surface area contributed by atoms with Gasteiger partial charge in [0.05, 0.1) is 5.02 Å². The second-order valence-electron chi connectivity index (χ2n) is 2.69. The van der Waals surface area contributed by atoms with Crippen LogP contribution in [-0.4, -0.2) is 22.7 Å². The van der Waals surface area contributed by atoms with Gasteiger partial charge < -0.3 is 9.84 Å². The van der Waals surface area contributed by atoms with E-state index in [1.807, 2.05) is 0 Å². The van der Waals surface area contributed by atoms with Crippen LogP contribution in [0, 0.1) is 0 Å². The Morgan fingerprint density at radius 1 is 1.56 bits per heavy atom. The Kier molecular flexibility index (Phi) is 3.58. The molecule has 0 aliphatic carbocycles. The van der Waals surface area contributed by atoms with Crippen LogP contribution in [0.4, 0.5) is 13.2 Å². The lowest BCUT2D eigenvalue weighted by atomic mass is 10.2. The highest BCUT2D eigenvalue weighted by atomic mass is 35.5. The molecule has 1 aromatic heterocycles. The highest BCUT2D eigenvalue weighted by Crippen LogP contribution is 2.36. The molecule has 0 bridgehead atoms. The van der Waals surface area contributed by atoms with Gasteiger partial charge >= 0.3 is 12.1 Å². The van der Waals surface area contributed by atoms with Crippen molar-refractivity contribution in [3.8, 4) is 5.88 Å². The zero-order valence-electron chi connectivity index (χ0n) is 7.58. The van der Waals surface area contributed by atoms with Gasteiger partial charge in [-0.3, -0.25) is 0 Å². The number of aromatic nitrogens is 1. The average molecular weight is 256 g/mol. The van der Waals surface area contributed by atoms with Crippen LogP contribution < -0.4 is 4.74 Å². The quantitative estimate of drug-likeness (QED) is 0.900. The van der Waals surface area contributed by atoms with E-state index in [9.17, 15) is 18.0 Å². The van der Waals surface area contributed by atoms with Crippen molar-refractivity contribution in [1.29, 1.82) is 0 Å². The van der Waals surface area contributed by atoms with E-state index in [0.29, 0.717) is 6.07 Å². The molecule has 1 rings (SSSR count). The molecule has 16 heavy (non-hydrogen) atoms. The topological polar surface area (TPSA) is 59.4 Å². The molecule has 0 aliphatic heterocycles. The molecule has 1 aromatic rings. The van der Waals surface area contributed by atoms with E-state index in [1.165, 1.54) is 0 Å². The summed E-state index contributed by atoms with van der Waals surface area (Å²) in [5.41, 5.74) is -1.21. The van der Waals surface area contributed by atoms with Gasteiger partial charge in [-0.05, 0) is 6.07 Å². The van der Waals surface area contributed by atoms with Gasteiger partial charge in [0.15, 0.2) is 6.61 Å². The van der Waals surface area contributed by atoms with Crippen LogP contribution in [0.2, 0.25) is 5.02 Å². The van der Waals surface area contributed by atoms with Gasteiger partial charge in [-0.1, -0.05) is 11.6 Å². The Bertz CT molecular complexity index is 408. The van der Waals surface area contributed by atoms with E-state index in [0.717, 1.165) is 6.20 Å². The molecule has 8 heteroatoms. The van der Waals surface area contributed by atoms with Crippen LogP contribution >= 0.6 is 11.6 Å². The van der Waals surface area contributed by atoms with Crippen LogP contribution in [0.3, 0.4) is 0 Å². The normalized spacial score (nSPS) is 11.2. The third-order valence-corrected chi connectivity index (χ3v) is 1.66. The molecule has 0 unspecified atom stereocenters. The molecule has 0 fully saturated rings. The number of hydrogen-bond acceptors (Lipinski definition) is 3. The lowest BCUT2D eigenvalue weighted by Crippen LogP contribution is -2.15. The summed E-state index contributed by atoms with van der Waals surface area (Å²) in [5, 5.41) is 8.05. The maximum Gasteiger partial charge on any atom is 0.421 e. The minimum atomic E-state index is -4.70. The smallest absolute Gasteiger partial charge is 0.421 e. The average Bonchev–Trinajstić information content (AvgIpc) is 2.14. The molecule has 1 N–H and O–H groups in total. The van der Waals surface area contributed by atoms with Crippen molar-refractivity contribution < 1.29 is 27.8 Å². The second kappa shape index (κ2) is 4.56. The number of carbonyl (C=O) groups is 1. The van der Waals surface area contributed by atoms with E-state index in [-0.39, 0.29) is 5.02 Å². The lowest BCUT2D eigenvalue weighted by molar-refractivity contribution is -0.143.